The van der Waals surface area contributed by atoms with Crippen LogP contribution in [-0.2, 0) is 32.1 Å². The minimum absolute atomic E-state index is 0.0523. The Balaban J connectivity index is 1.81. The van der Waals surface area contributed by atoms with E-state index in [4.69, 9.17) is 28.0 Å². The number of carbonyl (C=O) groups excluding carboxylic acids is 4. The minimum Gasteiger partial charge on any atom is -0.384 e. The van der Waals surface area contributed by atoms with Gasteiger partial charge in [-0.05, 0) is 49.1 Å². The summed E-state index contributed by atoms with van der Waals surface area (Å²) >= 11 is 0. The third-order valence-electron chi connectivity index (χ3n) is 7.99. The summed E-state index contributed by atoms with van der Waals surface area (Å²) in [4.78, 5) is 53.3. The smallest absolute Gasteiger partial charge is 0.243 e. The summed E-state index contributed by atoms with van der Waals surface area (Å²) in [6.45, 7) is 0.545. The second-order valence-electron chi connectivity index (χ2n) is 11.4. The van der Waals surface area contributed by atoms with Crippen LogP contribution < -0.4 is 38.5 Å². The van der Waals surface area contributed by atoms with E-state index < -0.39 is 41.6 Å². The van der Waals surface area contributed by atoms with Gasteiger partial charge in [0.2, 0.25) is 23.6 Å². The fraction of sp³-hybridized carbons (Fsp3) is 0.438. The molecule has 0 aliphatic heterocycles. The lowest BCUT2D eigenvalue weighted by atomic mass is 9.83. The van der Waals surface area contributed by atoms with Crippen molar-refractivity contribution in [3.8, 4) is 0 Å². The number of primary amides is 1. The molecule has 45 heavy (non-hydrogen) atoms. The molecular formula is C32H45N9O4. The SMILES string of the molecule is N=C(N)NCCCC(NC(=O)[C@@H](NC(=O)C(Cc1ccc(C(=N)N)cc1)C(=O)NCc1ccccc1)C1CCCCC1)C(N)=O. The molecule has 3 atom stereocenters. The average Bonchev–Trinajstić information content (AvgIpc) is 3.03. The Bertz CT molecular complexity index is 1330. The predicted octanol–water partition coefficient (Wildman–Crippen LogP) is 0.744. The third-order valence-corrected chi connectivity index (χ3v) is 7.99. The van der Waals surface area contributed by atoms with Gasteiger partial charge in [0.05, 0.1) is 0 Å². The molecule has 3 rings (SSSR count). The number of nitrogen functional groups attached to an aromatic ring is 1. The number of hydrogen-bond acceptors (Lipinski definition) is 6. The lowest BCUT2D eigenvalue weighted by Gasteiger charge is -2.32. The van der Waals surface area contributed by atoms with E-state index in [0.717, 1.165) is 24.8 Å². The summed E-state index contributed by atoms with van der Waals surface area (Å²) in [6, 6.07) is 14.1. The molecule has 0 saturated heterocycles. The van der Waals surface area contributed by atoms with E-state index in [0.29, 0.717) is 36.9 Å². The van der Waals surface area contributed by atoms with Crippen molar-refractivity contribution in [2.24, 2.45) is 29.0 Å². The second-order valence-corrected chi connectivity index (χ2v) is 11.4. The molecular weight excluding hydrogens is 574 g/mol. The number of hydrogen-bond donors (Lipinski definition) is 9. The Hall–Kier alpha value is -4.94. The first-order valence-electron chi connectivity index (χ1n) is 15.3. The van der Waals surface area contributed by atoms with E-state index in [1.165, 1.54) is 0 Å². The number of nitrogens with one attached hydrogen (secondary N) is 6. The van der Waals surface area contributed by atoms with Gasteiger partial charge in [-0.1, -0.05) is 73.9 Å². The second kappa shape index (κ2) is 17.4. The van der Waals surface area contributed by atoms with Gasteiger partial charge in [-0.25, -0.2) is 0 Å². The largest absolute Gasteiger partial charge is 0.384 e. The van der Waals surface area contributed by atoms with Crippen LogP contribution in [0, 0.1) is 22.7 Å². The zero-order valence-electron chi connectivity index (χ0n) is 25.4. The highest BCUT2D eigenvalue weighted by molar-refractivity contribution is 6.02. The summed E-state index contributed by atoms with van der Waals surface area (Å²) in [7, 11) is 0. The summed E-state index contributed by atoms with van der Waals surface area (Å²) in [6.07, 6.45) is 4.91. The first-order chi connectivity index (χ1) is 21.5. The van der Waals surface area contributed by atoms with E-state index in [9.17, 15) is 19.2 Å². The molecule has 242 valence electrons. The number of amides is 4. The molecule has 13 nitrogen and oxygen atoms in total. The van der Waals surface area contributed by atoms with Crippen molar-refractivity contribution in [2.45, 2.75) is 70.0 Å². The lowest BCUT2D eigenvalue weighted by Crippen LogP contribution is -2.57. The molecule has 0 aromatic heterocycles. The first kappa shape index (κ1) is 34.5. The van der Waals surface area contributed by atoms with E-state index in [1.807, 2.05) is 30.3 Å². The van der Waals surface area contributed by atoms with Crippen LogP contribution in [0.15, 0.2) is 54.6 Å². The van der Waals surface area contributed by atoms with Crippen molar-refractivity contribution in [1.82, 2.24) is 21.3 Å². The summed E-state index contributed by atoms with van der Waals surface area (Å²) in [5, 5.41) is 26.0. The lowest BCUT2D eigenvalue weighted by molar-refractivity contribution is -0.139. The van der Waals surface area contributed by atoms with Gasteiger partial charge in [0.1, 0.15) is 23.8 Å². The molecule has 0 heterocycles. The normalized spacial score (nSPS) is 15.1. The molecule has 0 radical (unpaired) electrons. The number of carbonyl (C=O) groups is 4. The Morgan fingerprint density at radius 1 is 0.778 bits per heavy atom. The highest BCUT2D eigenvalue weighted by atomic mass is 16.2. The van der Waals surface area contributed by atoms with Crippen LogP contribution in [-0.4, -0.2) is 54.1 Å². The molecule has 1 aliphatic rings. The maximum Gasteiger partial charge on any atom is 0.243 e. The summed E-state index contributed by atoms with van der Waals surface area (Å²) < 4.78 is 0. The predicted molar refractivity (Wildman–Crippen MR) is 172 cm³/mol. The average molecular weight is 620 g/mol. The van der Waals surface area contributed by atoms with Crippen molar-refractivity contribution in [3.63, 3.8) is 0 Å². The maximum absolute atomic E-state index is 13.9. The highest BCUT2D eigenvalue weighted by Crippen LogP contribution is 2.27. The number of amidine groups is 1. The van der Waals surface area contributed by atoms with E-state index in [2.05, 4.69) is 21.3 Å². The molecule has 1 aliphatic carbocycles. The summed E-state index contributed by atoms with van der Waals surface area (Å²) in [5.41, 5.74) is 18.5. The van der Waals surface area contributed by atoms with Crippen LogP contribution in [0.25, 0.3) is 0 Å². The zero-order chi connectivity index (χ0) is 32.8. The van der Waals surface area contributed by atoms with Gasteiger partial charge in [-0.15, -0.1) is 0 Å². The molecule has 2 aromatic rings. The Kier molecular flexibility index (Phi) is 13.3. The number of benzene rings is 2. The molecule has 2 unspecified atom stereocenters. The van der Waals surface area contributed by atoms with Gasteiger partial charge in [0, 0.05) is 18.7 Å². The number of guanidine groups is 1. The zero-order valence-corrected chi connectivity index (χ0v) is 25.4. The number of nitrogens with two attached hydrogens (primary N) is 3. The van der Waals surface area contributed by atoms with Crippen LogP contribution in [0.5, 0.6) is 0 Å². The Labute approximate surface area is 263 Å². The molecule has 13 heteroatoms. The molecule has 1 fully saturated rings. The third kappa shape index (κ3) is 11.2. The van der Waals surface area contributed by atoms with Gasteiger partial charge < -0.3 is 38.5 Å². The van der Waals surface area contributed by atoms with Crippen molar-refractivity contribution >= 4 is 35.4 Å². The Morgan fingerprint density at radius 2 is 1.44 bits per heavy atom. The maximum atomic E-state index is 13.9. The quantitative estimate of drug-likeness (QED) is 0.0564. The fourth-order valence-electron chi connectivity index (χ4n) is 5.46. The fourth-order valence-corrected chi connectivity index (χ4v) is 5.46. The standard InChI is InChI=1S/C32H45N9O4/c33-27(34)23-15-13-20(14-16-23)18-24(29(43)39-19-21-8-3-1-4-9-21)30(44)41-26(22-10-5-2-6-11-22)31(45)40-25(28(35)42)12-7-17-38-32(36)37/h1,3-4,8-9,13-16,22,24-26H,2,5-7,10-12,17-19H2,(H3,33,34)(H2,35,42)(H,39,43)(H,40,45)(H,41,44)(H4,36,37,38)/t24?,25?,26-/m0/s1. The van der Waals surface area contributed by atoms with Gasteiger partial charge in [-0.3, -0.25) is 30.0 Å². The first-order valence-corrected chi connectivity index (χ1v) is 15.3. The van der Waals surface area contributed by atoms with E-state index >= 15 is 0 Å². The van der Waals surface area contributed by atoms with Gasteiger partial charge in [-0.2, -0.15) is 0 Å². The molecule has 1 saturated carbocycles. The van der Waals surface area contributed by atoms with Crippen molar-refractivity contribution in [3.05, 3.63) is 71.3 Å². The topological polar surface area (TPSA) is 242 Å². The highest BCUT2D eigenvalue weighted by Gasteiger charge is 2.36. The Morgan fingerprint density at radius 3 is 2.04 bits per heavy atom. The van der Waals surface area contributed by atoms with Gasteiger partial charge >= 0.3 is 0 Å². The van der Waals surface area contributed by atoms with Gasteiger partial charge in [0.25, 0.3) is 0 Å². The minimum atomic E-state index is -1.17. The van der Waals surface area contributed by atoms with Crippen LogP contribution >= 0.6 is 0 Å². The van der Waals surface area contributed by atoms with Crippen LogP contribution in [0.1, 0.15) is 61.6 Å². The van der Waals surface area contributed by atoms with E-state index in [1.54, 1.807) is 24.3 Å². The molecule has 12 N–H and O–H groups in total. The molecule has 4 amide bonds. The van der Waals surface area contributed by atoms with Crippen molar-refractivity contribution in [2.75, 3.05) is 6.54 Å². The van der Waals surface area contributed by atoms with Crippen LogP contribution in [0.2, 0.25) is 0 Å². The van der Waals surface area contributed by atoms with Crippen molar-refractivity contribution in [1.29, 1.82) is 10.8 Å². The molecule has 0 spiro atoms. The van der Waals surface area contributed by atoms with Crippen LogP contribution in [0.4, 0.5) is 0 Å². The molecule has 2 aromatic carbocycles. The number of rotatable bonds is 16. The van der Waals surface area contributed by atoms with Gasteiger partial charge in [0.15, 0.2) is 5.96 Å². The molecule has 0 bridgehead atoms. The van der Waals surface area contributed by atoms with E-state index in [-0.39, 0.29) is 37.1 Å². The van der Waals surface area contributed by atoms with Crippen molar-refractivity contribution < 1.29 is 19.2 Å². The van der Waals surface area contributed by atoms with Crippen LogP contribution in [0.3, 0.4) is 0 Å². The summed E-state index contributed by atoms with van der Waals surface area (Å²) in [5.74, 6) is -4.00. The monoisotopic (exact) mass is 619 g/mol.